The number of fused-ring (bicyclic) bond motifs is 3. The third-order valence-corrected chi connectivity index (χ3v) is 8.11. The molecule has 6 heteroatoms. The Morgan fingerprint density at radius 2 is 1.53 bits per heavy atom. The normalized spacial score (nSPS) is 29.3. The van der Waals surface area contributed by atoms with Gasteiger partial charge in [-0.2, -0.15) is 1.33 Å². The van der Waals surface area contributed by atoms with Crippen LogP contribution in [0.1, 0.15) is 38.5 Å². The van der Waals surface area contributed by atoms with Crippen molar-refractivity contribution in [1.82, 2.24) is 10.5 Å². The largest absolute Gasteiger partial charge is 0.182 e. The van der Waals surface area contributed by atoms with Gasteiger partial charge in [-0.1, -0.05) is 0 Å². The molecule has 1 aromatic heterocycles. The number of rotatable bonds is 1. The molecule has 0 spiro atoms. The molecule has 3 fully saturated rings. The number of hydrogen-bond donors (Lipinski definition) is 0. The number of imidazole rings is 1. The Hall–Kier alpha value is 1.32. The Morgan fingerprint density at radius 3 is 1.74 bits per heavy atom. The van der Waals surface area contributed by atoms with Crippen LogP contribution >= 0.6 is 45.7 Å². The van der Waals surface area contributed by atoms with Crippen molar-refractivity contribution in [3.8, 4) is 0 Å². The topological polar surface area (TPSA) is 13.1 Å². The van der Waals surface area contributed by atoms with E-state index >= 15 is 0 Å². The number of nitrogens with zero attached hydrogens (tertiary/aromatic N) is 3. The predicted molar refractivity (Wildman–Crippen MR) is 91.4 cm³/mol. The van der Waals surface area contributed by atoms with Gasteiger partial charge in [-0.3, -0.25) is 0 Å². The zero-order valence-corrected chi connectivity index (χ0v) is 18.0. The van der Waals surface area contributed by atoms with E-state index in [1.807, 2.05) is 26.5 Å². The van der Waals surface area contributed by atoms with Crippen LogP contribution in [0.15, 0.2) is 12.4 Å². The second kappa shape index (κ2) is 7.05. The minimum atomic E-state index is 0.593. The average molecular weight is 668 g/mol. The number of hydrogen-bond acceptors (Lipinski definition) is 1. The molecule has 0 unspecified atom stereocenters. The van der Waals surface area contributed by atoms with E-state index in [1.54, 1.807) is 0 Å². The van der Waals surface area contributed by atoms with E-state index in [0.717, 1.165) is 5.92 Å². The van der Waals surface area contributed by atoms with E-state index in [2.05, 4.69) is 75.5 Å². The van der Waals surface area contributed by atoms with Gasteiger partial charge in [-0.15, -0.1) is 0 Å². The molecule has 1 heterocycles. The molecule has 0 saturated heterocycles. The standard InChI is InChI=1S/C8H13I2N.C5H8N2.Pt/c9-11(10)8-4-1-7(2-5-8)3-6-8;1-6-3-4-7(2)5-6;/h7H,1-6H2;3-4H,1-2H3;. The van der Waals surface area contributed by atoms with Crippen LogP contribution in [-0.2, 0) is 33.4 Å². The van der Waals surface area contributed by atoms with Crippen LogP contribution in [0.3, 0.4) is 0 Å². The number of halogens is 2. The van der Waals surface area contributed by atoms with E-state index in [4.69, 9.17) is 0 Å². The first-order chi connectivity index (χ1) is 8.94. The summed E-state index contributed by atoms with van der Waals surface area (Å²) in [7, 11) is 4.06. The Labute approximate surface area is 154 Å². The van der Waals surface area contributed by atoms with Crippen molar-refractivity contribution in [2.75, 3.05) is 0 Å². The molecule has 4 rings (SSSR count). The van der Waals surface area contributed by atoms with Crippen molar-refractivity contribution in [2.24, 2.45) is 20.0 Å². The van der Waals surface area contributed by atoms with Gasteiger partial charge in [0.25, 0.3) is 0 Å². The van der Waals surface area contributed by atoms with Crippen molar-refractivity contribution < 1.29 is 19.4 Å². The number of aryl methyl sites for hydroxylation is 2. The maximum Gasteiger partial charge on any atom is 0.0408 e. The van der Waals surface area contributed by atoms with E-state index < -0.39 is 0 Å². The maximum absolute atomic E-state index is 2.46. The summed E-state index contributed by atoms with van der Waals surface area (Å²) in [5.41, 5.74) is 0.593. The minimum absolute atomic E-state index is 0.593. The molecule has 0 aromatic carbocycles. The second-order valence-corrected chi connectivity index (χ2v) is 10.5. The maximum atomic E-state index is 2.46. The van der Waals surface area contributed by atoms with Crippen LogP contribution in [0, 0.1) is 9.72 Å². The van der Waals surface area contributed by atoms with Gasteiger partial charge in [0, 0.05) is 51.3 Å². The van der Waals surface area contributed by atoms with Gasteiger partial charge in [0.05, 0.1) is 0 Å². The Bertz CT molecular complexity index is 436. The summed E-state index contributed by atoms with van der Waals surface area (Å²) in [5.74, 6) is 1.09. The van der Waals surface area contributed by atoms with E-state index in [9.17, 15) is 0 Å². The average Bonchev–Trinajstić information content (AvgIpc) is 2.73. The smallest absolute Gasteiger partial charge is 0.0408 e. The summed E-state index contributed by atoms with van der Waals surface area (Å²) in [6.07, 6.45) is 12.9. The molecule has 0 atom stereocenters. The fourth-order valence-electron chi connectivity index (χ4n) is 3.04. The van der Waals surface area contributed by atoms with Crippen LogP contribution in [0.2, 0.25) is 0 Å². The monoisotopic (exact) mass is 668 g/mol. The molecule has 2 bridgehead atoms. The summed E-state index contributed by atoms with van der Waals surface area (Å²) >= 11 is 7.19. The fraction of sp³-hybridized carbons (Fsp3) is 0.769. The summed E-state index contributed by atoms with van der Waals surface area (Å²) in [5, 5.41) is 0. The molecule has 0 N–H and O–H groups in total. The van der Waals surface area contributed by atoms with Crippen LogP contribution in [0.5, 0.6) is 0 Å². The van der Waals surface area contributed by atoms with Gasteiger partial charge in [0.2, 0.25) is 0 Å². The van der Waals surface area contributed by atoms with Crippen molar-refractivity contribution in [3.63, 3.8) is 0 Å². The second-order valence-electron chi connectivity index (χ2n) is 5.70. The quantitative estimate of drug-likeness (QED) is 0.324. The molecule has 112 valence electrons. The molecule has 3 aliphatic rings. The fourth-order valence-corrected chi connectivity index (χ4v) is 4.83. The predicted octanol–water partition coefficient (Wildman–Crippen LogP) is 4.15. The molecule has 3 saturated carbocycles. The first kappa shape index (κ1) is 16.7. The Morgan fingerprint density at radius 1 is 1.11 bits per heavy atom. The first-order valence-electron chi connectivity index (χ1n) is 6.70. The minimum Gasteiger partial charge on any atom is -0.182 e. The van der Waals surface area contributed by atoms with Gasteiger partial charge < -0.3 is 0 Å². The molecular formula is C13H21I2N3Pt. The van der Waals surface area contributed by atoms with Gasteiger partial charge >= 0.3 is 58.8 Å². The molecule has 0 amide bonds. The molecule has 3 aliphatic carbocycles. The van der Waals surface area contributed by atoms with E-state index in [1.165, 1.54) is 42.3 Å². The van der Waals surface area contributed by atoms with Gasteiger partial charge in [-0.05, 0) is 44.4 Å². The van der Waals surface area contributed by atoms with Crippen molar-refractivity contribution in [2.45, 2.75) is 44.1 Å². The van der Waals surface area contributed by atoms with Gasteiger partial charge in [0.15, 0.2) is 0 Å². The molecular weight excluding hydrogens is 647 g/mol. The van der Waals surface area contributed by atoms with E-state index in [-0.39, 0.29) is 0 Å². The summed E-state index contributed by atoms with van der Waals surface area (Å²) in [6.45, 7) is 0. The van der Waals surface area contributed by atoms with Crippen LogP contribution in [-0.4, -0.2) is 16.0 Å². The van der Waals surface area contributed by atoms with Crippen LogP contribution < -0.4 is 0 Å². The molecule has 0 aliphatic heterocycles. The summed E-state index contributed by atoms with van der Waals surface area (Å²) in [4.78, 5) is 0. The third kappa shape index (κ3) is 3.95. The molecule has 1 aromatic rings. The Kier molecular flexibility index (Phi) is 6.19. The zero-order valence-electron chi connectivity index (χ0n) is 11.4. The Balaban J connectivity index is 0.000000148. The molecule has 0 radical (unpaired) electrons. The molecule has 19 heavy (non-hydrogen) atoms. The van der Waals surface area contributed by atoms with E-state index in [0.29, 0.717) is 5.54 Å². The molecule has 3 nitrogen and oxygen atoms in total. The van der Waals surface area contributed by atoms with Crippen molar-refractivity contribution in [3.05, 3.63) is 16.2 Å². The zero-order chi connectivity index (χ0) is 14.0. The first-order valence-corrected chi connectivity index (χ1v) is 9.76. The third-order valence-electron chi connectivity index (χ3n) is 4.46. The van der Waals surface area contributed by atoms with Gasteiger partial charge in [0.1, 0.15) is 0 Å². The number of aromatic nitrogens is 2. The summed E-state index contributed by atoms with van der Waals surface area (Å²) in [6, 6.07) is 0. The SMILES string of the molecule is Cn1ccn(C)[c]1=[Pt].IN(I)C12CCC(CC1)CC2. The van der Waals surface area contributed by atoms with Gasteiger partial charge in [-0.25, -0.2) is 0 Å². The van der Waals surface area contributed by atoms with Crippen molar-refractivity contribution >= 4 is 45.7 Å². The van der Waals surface area contributed by atoms with Crippen LogP contribution in [0.25, 0.3) is 0 Å². The summed E-state index contributed by atoms with van der Waals surface area (Å²) < 4.78 is 7.80. The van der Waals surface area contributed by atoms with Crippen LogP contribution in [0.4, 0.5) is 0 Å². The van der Waals surface area contributed by atoms with Crippen molar-refractivity contribution in [1.29, 1.82) is 0 Å².